The molecule has 0 atom stereocenters. The van der Waals surface area contributed by atoms with Gasteiger partial charge in [0.15, 0.2) is 0 Å². The maximum absolute atomic E-state index is 10.4. The second-order valence-electron chi connectivity index (χ2n) is 1.68. The number of hydrogen-bond acceptors (Lipinski definition) is 2. The van der Waals surface area contributed by atoms with E-state index in [1.54, 1.807) is 14.1 Å². The lowest BCUT2D eigenvalue weighted by Crippen LogP contribution is -1.99. The van der Waals surface area contributed by atoms with E-state index in [2.05, 4.69) is 33.7 Å². The van der Waals surface area contributed by atoms with Gasteiger partial charge in [-0.15, -0.1) is 0 Å². The topological polar surface area (TPSA) is 37.4 Å². The quantitative estimate of drug-likeness (QED) is 0.643. The maximum Gasteiger partial charge on any atom is 0.339 e. The molecule has 0 aliphatic carbocycles. The molecule has 0 spiro atoms. The predicted octanol–water partition coefficient (Wildman–Crippen LogP) is 4.94. The molecule has 0 bridgehead atoms. The van der Waals surface area contributed by atoms with E-state index in [1.165, 1.54) is 4.67 Å². The minimum atomic E-state index is -3.22. The Morgan fingerprint density at radius 1 is 0.917 bits per heavy atom. The zero-order valence-corrected chi connectivity index (χ0v) is 11.6. The van der Waals surface area contributed by atoms with E-state index in [4.69, 9.17) is 22.5 Å². The molecule has 12 heavy (non-hydrogen) atoms. The molecule has 0 heterocycles. The van der Waals surface area contributed by atoms with Crippen LogP contribution in [0.2, 0.25) is 0 Å². The molecule has 0 aliphatic heterocycles. The van der Waals surface area contributed by atoms with Crippen LogP contribution in [0.15, 0.2) is 0 Å². The minimum absolute atomic E-state index is 1.27. The standard InChI is InChI=1S/C2H6Cl2NOP.Cl3OP/c1-5(2)7(3,4)6;1-5(2,3)4/h1-2H3;. The fraction of sp³-hybridized carbons (Fsp3) is 1.00. The second kappa shape index (κ2) is 6.37. The molecule has 0 radical (unpaired) electrons. The molecule has 76 valence electrons. The van der Waals surface area contributed by atoms with Crippen LogP contribution in [-0.4, -0.2) is 18.8 Å². The highest BCUT2D eigenvalue weighted by Gasteiger charge is 2.15. The SMILES string of the molecule is CN(C)P(=O)(Cl)Cl.O=P(Cl)(Cl)Cl. The fourth-order valence-electron chi connectivity index (χ4n) is 0. The molecule has 0 saturated carbocycles. The Hall–Kier alpha value is 1.87. The van der Waals surface area contributed by atoms with Crippen molar-refractivity contribution in [2.45, 2.75) is 0 Å². The number of halogens is 5. The Labute approximate surface area is 95.0 Å². The van der Waals surface area contributed by atoms with E-state index in [0.717, 1.165) is 0 Å². The summed E-state index contributed by atoms with van der Waals surface area (Å²) >= 11 is 24.1. The summed E-state index contributed by atoms with van der Waals surface area (Å²) in [6, 6.07) is 0. The number of nitrogens with zero attached hydrogens (tertiary/aromatic N) is 1. The van der Waals surface area contributed by atoms with E-state index >= 15 is 0 Å². The molecular weight excluding hydrogens is 309 g/mol. The lowest BCUT2D eigenvalue weighted by Gasteiger charge is -2.07. The van der Waals surface area contributed by atoms with Gasteiger partial charge < -0.3 is 0 Å². The van der Waals surface area contributed by atoms with Gasteiger partial charge in [0.05, 0.1) is 0 Å². The van der Waals surface area contributed by atoms with Crippen molar-refractivity contribution in [2.24, 2.45) is 0 Å². The van der Waals surface area contributed by atoms with Gasteiger partial charge in [0.2, 0.25) is 0 Å². The van der Waals surface area contributed by atoms with E-state index in [9.17, 15) is 9.13 Å². The molecule has 0 aromatic carbocycles. The average Bonchev–Trinajstić information content (AvgIpc) is 1.55. The highest BCUT2D eigenvalue weighted by atomic mass is 36.0. The molecular formula is C2H6Cl5NO2P2. The van der Waals surface area contributed by atoms with Crippen molar-refractivity contribution in [1.82, 2.24) is 4.67 Å². The molecule has 0 aromatic rings. The molecule has 10 heteroatoms. The van der Waals surface area contributed by atoms with Crippen LogP contribution >= 0.6 is 67.4 Å². The van der Waals surface area contributed by atoms with Crippen LogP contribution in [0.1, 0.15) is 0 Å². The molecule has 0 rings (SSSR count). The molecule has 0 saturated heterocycles. The van der Waals surface area contributed by atoms with Gasteiger partial charge in [-0.05, 0) is 70.3 Å². The van der Waals surface area contributed by atoms with Crippen LogP contribution in [0, 0.1) is 0 Å². The van der Waals surface area contributed by atoms with Gasteiger partial charge in [0, 0.05) is 0 Å². The first-order chi connectivity index (χ1) is 4.94. The molecule has 3 nitrogen and oxygen atoms in total. The van der Waals surface area contributed by atoms with Crippen LogP contribution < -0.4 is 0 Å². The first kappa shape index (κ1) is 16.3. The highest BCUT2D eigenvalue weighted by molar-refractivity contribution is 8.24. The normalized spacial score (nSPS) is 12.3. The van der Waals surface area contributed by atoms with Gasteiger partial charge in [0.1, 0.15) is 0 Å². The second-order valence-corrected chi connectivity index (χ2v) is 13.3. The van der Waals surface area contributed by atoms with Crippen LogP contribution in [0.25, 0.3) is 0 Å². The third-order valence-electron chi connectivity index (χ3n) is 0.466. The van der Waals surface area contributed by atoms with E-state index in [0.29, 0.717) is 0 Å². The predicted molar refractivity (Wildman–Crippen MR) is 58.2 cm³/mol. The zero-order chi connectivity index (χ0) is 10.6. The Kier molecular flexibility index (Phi) is 8.66. The summed E-state index contributed by atoms with van der Waals surface area (Å²) in [7, 11) is 3.11. The summed E-state index contributed by atoms with van der Waals surface area (Å²) in [6.45, 7) is 0. The maximum atomic E-state index is 10.4. The molecule has 0 unspecified atom stereocenters. The van der Waals surface area contributed by atoms with Gasteiger partial charge >= 0.3 is 11.2 Å². The first-order valence-corrected chi connectivity index (χ1v) is 10.2. The Morgan fingerprint density at radius 2 is 1.00 bits per heavy atom. The summed E-state index contributed by atoms with van der Waals surface area (Å²) in [6.07, 6.45) is 0. The van der Waals surface area contributed by atoms with Crippen molar-refractivity contribution in [3.63, 3.8) is 0 Å². The Balaban J connectivity index is 0. The molecule has 0 fully saturated rings. The summed E-state index contributed by atoms with van der Waals surface area (Å²) in [5, 5.41) is -3.22. The average molecular weight is 315 g/mol. The van der Waals surface area contributed by atoms with Gasteiger partial charge in [0.25, 0.3) is 0 Å². The van der Waals surface area contributed by atoms with Gasteiger partial charge in [-0.1, -0.05) is 0 Å². The third kappa shape index (κ3) is 22.6. The zero-order valence-electron chi connectivity index (χ0n) is 6.05. The highest BCUT2D eigenvalue weighted by Crippen LogP contribution is 2.61. The van der Waals surface area contributed by atoms with E-state index in [1.807, 2.05) is 0 Å². The van der Waals surface area contributed by atoms with Crippen LogP contribution in [0.4, 0.5) is 0 Å². The molecule has 0 amide bonds. The first-order valence-electron chi connectivity index (χ1n) is 2.30. The smallest absolute Gasteiger partial charge is 0.271 e. The summed E-state index contributed by atoms with van der Waals surface area (Å²) in [4.78, 5) is 0. The van der Waals surface area contributed by atoms with Gasteiger partial charge in [-0.25, -0.2) is 4.67 Å². The largest absolute Gasteiger partial charge is 0.339 e. The summed E-state index contributed by atoms with van der Waals surface area (Å²) in [5.74, 6) is -2.96. The fourth-order valence-corrected chi connectivity index (χ4v) is 0. The third-order valence-corrected chi connectivity index (χ3v) is 3.21. The van der Waals surface area contributed by atoms with E-state index < -0.39 is 11.2 Å². The molecule has 0 aliphatic rings. The van der Waals surface area contributed by atoms with Crippen LogP contribution in [0.3, 0.4) is 0 Å². The molecule has 0 N–H and O–H groups in total. The monoisotopic (exact) mass is 313 g/mol. The van der Waals surface area contributed by atoms with Crippen molar-refractivity contribution in [1.29, 1.82) is 0 Å². The van der Waals surface area contributed by atoms with Crippen LogP contribution in [-0.2, 0) is 9.13 Å². The Morgan fingerprint density at radius 3 is 1.00 bits per heavy atom. The summed E-state index contributed by atoms with van der Waals surface area (Å²) in [5.41, 5.74) is 0. The number of hydrogen-bond donors (Lipinski definition) is 0. The van der Waals surface area contributed by atoms with Crippen molar-refractivity contribution >= 4 is 67.4 Å². The molecule has 0 aromatic heterocycles. The lowest BCUT2D eigenvalue weighted by molar-refractivity contribution is 0.542. The Bertz CT molecular complexity index is 199. The van der Waals surface area contributed by atoms with Crippen molar-refractivity contribution in [3.05, 3.63) is 0 Å². The minimum Gasteiger partial charge on any atom is -0.271 e. The van der Waals surface area contributed by atoms with Gasteiger partial charge in [-0.2, -0.15) is 0 Å². The summed E-state index contributed by atoms with van der Waals surface area (Å²) < 4.78 is 21.2. The van der Waals surface area contributed by atoms with Crippen molar-refractivity contribution in [2.75, 3.05) is 14.1 Å². The van der Waals surface area contributed by atoms with Crippen molar-refractivity contribution in [3.8, 4) is 0 Å². The van der Waals surface area contributed by atoms with E-state index in [-0.39, 0.29) is 0 Å². The van der Waals surface area contributed by atoms with Crippen LogP contribution in [0.5, 0.6) is 0 Å². The lowest BCUT2D eigenvalue weighted by atomic mass is 11.3. The van der Waals surface area contributed by atoms with Crippen molar-refractivity contribution < 1.29 is 9.13 Å². The number of rotatable bonds is 1. The van der Waals surface area contributed by atoms with Gasteiger partial charge in [-0.3, -0.25) is 9.13 Å².